The van der Waals surface area contributed by atoms with Crippen LogP contribution in [0.2, 0.25) is 10.0 Å². The van der Waals surface area contributed by atoms with E-state index in [-0.39, 0.29) is 5.91 Å². The summed E-state index contributed by atoms with van der Waals surface area (Å²) in [7, 11) is 0. The molecule has 4 rings (SSSR count). The van der Waals surface area contributed by atoms with Gasteiger partial charge in [0.1, 0.15) is 5.65 Å². The van der Waals surface area contributed by atoms with Gasteiger partial charge in [-0.15, -0.1) is 0 Å². The van der Waals surface area contributed by atoms with Gasteiger partial charge in [0.05, 0.1) is 17.1 Å². The van der Waals surface area contributed by atoms with E-state index in [1.54, 1.807) is 0 Å². The first kappa shape index (κ1) is 18.3. The second-order valence-corrected chi connectivity index (χ2v) is 7.68. The standard InChI is InChI=1S/C20H20Cl2N4O/c21-16-3-1-2-15(10-16)11-20(27)25-8-6-24(7-9-25)13-18-14-26-12-17(22)4-5-19(26)23-18/h1-5,10,12,14H,6-9,11,13H2. The third-order valence-electron chi connectivity index (χ3n) is 4.82. The number of rotatable bonds is 4. The lowest BCUT2D eigenvalue weighted by atomic mass is 10.1. The molecule has 27 heavy (non-hydrogen) atoms. The van der Waals surface area contributed by atoms with E-state index < -0.39 is 0 Å². The Morgan fingerprint density at radius 2 is 1.81 bits per heavy atom. The predicted molar refractivity (Wildman–Crippen MR) is 107 cm³/mol. The van der Waals surface area contributed by atoms with Crippen LogP contribution in [0.3, 0.4) is 0 Å². The molecular formula is C20H20Cl2N4O. The fourth-order valence-electron chi connectivity index (χ4n) is 3.41. The highest BCUT2D eigenvalue weighted by Gasteiger charge is 2.21. The second kappa shape index (κ2) is 7.89. The van der Waals surface area contributed by atoms with E-state index in [4.69, 9.17) is 23.2 Å². The third-order valence-corrected chi connectivity index (χ3v) is 5.28. The molecule has 3 aromatic rings. The molecule has 0 bridgehead atoms. The average molecular weight is 403 g/mol. The maximum Gasteiger partial charge on any atom is 0.227 e. The van der Waals surface area contributed by atoms with E-state index in [2.05, 4.69) is 9.88 Å². The van der Waals surface area contributed by atoms with E-state index >= 15 is 0 Å². The van der Waals surface area contributed by atoms with Crippen molar-refractivity contribution in [3.8, 4) is 0 Å². The highest BCUT2D eigenvalue weighted by molar-refractivity contribution is 6.30. The number of hydrogen-bond donors (Lipinski definition) is 0. The summed E-state index contributed by atoms with van der Waals surface area (Å²) >= 11 is 12.0. The van der Waals surface area contributed by atoms with Crippen LogP contribution in [-0.2, 0) is 17.8 Å². The number of hydrogen-bond acceptors (Lipinski definition) is 3. The molecule has 0 spiro atoms. The van der Waals surface area contributed by atoms with Gasteiger partial charge in [0, 0.05) is 50.1 Å². The number of aromatic nitrogens is 2. The zero-order valence-electron chi connectivity index (χ0n) is 14.8. The fraction of sp³-hybridized carbons (Fsp3) is 0.300. The molecule has 1 aromatic carbocycles. The molecule has 3 heterocycles. The molecule has 0 N–H and O–H groups in total. The molecule has 0 saturated carbocycles. The quantitative estimate of drug-likeness (QED) is 0.669. The molecule has 0 unspecified atom stereocenters. The molecule has 2 aromatic heterocycles. The van der Waals surface area contributed by atoms with Crippen LogP contribution < -0.4 is 0 Å². The topological polar surface area (TPSA) is 40.9 Å². The molecular weight excluding hydrogens is 383 g/mol. The first-order valence-corrected chi connectivity index (χ1v) is 9.70. The van der Waals surface area contributed by atoms with Gasteiger partial charge in [-0.25, -0.2) is 4.98 Å². The smallest absolute Gasteiger partial charge is 0.227 e. The van der Waals surface area contributed by atoms with Crippen LogP contribution >= 0.6 is 23.2 Å². The Balaban J connectivity index is 1.32. The van der Waals surface area contributed by atoms with Gasteiger partial charge in [-0.3, -0.25) is 9.69 Å². The largest absolute Gasteiger partial charge is 0.340 e. The summed E-state index contributed by atoms with van der Waals surface area (Å²) < 4.78 is 1.95. The number of benzene rings is 1. The number of imidazole rings is 1. The van der Waals surface area contributed by atoms with E-state index in [9.17, 15) is 4.79 Å². The number of carbonyl (C=O) groups excluding carboxylic acids is 1. The summed E-state index contributed by atoms with van der Waals surface area (Å²) in [5.74, 6) is 0.152. The number of carbonyl (C=O) groups is 1. The van der Waals surface area contributed by atoms with Gasteiger partial charge in [0.2, 0.25) is 5.91 Å². The average Bonchev–Trinajstić information content (AvgIpc) is 3.03. The molecule has 1 amide bonds. The SMILES string of the molecule is O=C(Cc1cccc(Cl)c1)N1CCN(Cc2cn3cc(Cl)ccc3n2)CC1. The van der Waals surface area contributed by atoms with Gasteiger partial charge in [0.15, 0.2) is 0 Å². The Bertz CT molecular complexity index is 964. The van der Waals surface area contributed by atoms with Gasteiger partial charge >= 0.3 is 0 Å². The molecule has 7 heteroatoms. The van der Waals surface area contributed by atoms with Crippen LogP contribution in [0.1, 0.15) is 11.3 Å². The molecule has 5 nitrogen and oxygen atoms in total. The van der Waals surface area contributed by atoms with Crippen LogP contribution in [0.15, 0.2) is 48.8 Å². The van der Waals surface area contributed by atoms with Crippen molar-refractivity contribution in [1.82, 2.24) is 19.2 Å². The van der Waals surface area contributed by atoms with Crippen LogP contribution in [0, 0.1) is 0 Å². The van der Waals surface area contributed by atoms with Crippen molar-refractivity contribution in [3.63, 3.8) is 0 Å². The van der Waals surface area contributed by atoms with Crippen LogP contribution in [0.25, 0.3) is 5.65 Å². The molecule has 1 aliphatic heterocycles. The van der Waals surface area contributed by atoms with Crippen molar-refractivity contribution in [3.05, 3.63) is 70.1 Å². The Morgan fingerprint density at radius 3 is 2.59 bits per heavy atom. The van der Waals surface area contributed by atoms with Crippen molar-refractivity contribution in [2.24, 2.45) is 0 Å². The van der Waals surface area contributed by atoms with Crippen molar-refractivity contribution >= 4 is 34.8 Å². The monoisotopic (exact) mass is 402 g/mol. The van der Waals surface area contributed by atoms with Gasteiger partial charge in [-0.1, -0.05) is 35.3 Å². The Morgan fingerprint density at radius 1 is 1.00 bits per heavy atom. The van der Waals surface area contributed by atoms with E-state index in [0.29, 0.717) is 16.5 Å². The molecule has 0 aliphatic carbocycles. The van der Waals surface area contributed by atoms with E-state index in [1.165, 1.54) is 0 Å². The molecule has 1 saturated heterocycles. The normalized spacial score (nSPS) is 15.4. The lowest BCUT2D eigenvalue weighted by molar-refractivity contribution is -0.132. The Hall–Kier alpha value is -2.08. The third kappa shape index (κ3) is 4.43. The number of pyridine rings is 1. The number of halogens is 2. The predicted octanol–water partition coefficient (Wildman–Crippen LogP) is 3.53. The van der Waals surface area contributed by atoms with Crippen molar-refractivity contribution in [2.75, 3.05) is 26.2 Å². The number of piperazine rings is 1. The minimum absolute atomic E-state index is 0.152. The van der Waals surface area contributed by atoms with Crippen molar-refractivity contribution in [1.29, 1.82) is 0 Å². The van der Waals surface area contributed by atoms with E-state index in [0.717, 1.165) is 49.6 Å². The zero-order valence-corrected chi connectivity index (χ0v) is 16.3. The molecule has 1 aliphatic rings. The van der Waals surface area contributed by atoms with Gasteiger partial charge in [-0.05, 0) is 29.8 Å². The minimum Gasteiger partial charge on any atom is -0.340 e. The minimum atomic E-state index is 0.152. The Labute approximate surface area is 168 Å². The highest BCUT2D eigenvalue weighted by atomic mass is 35.5. The summed E-state index contributed by atoms with van der Waals surface area (Å²) in [6.45, 7) is 3.93. The van der Waals surface area contributed by atoms with Crippen LogP contribution in [0.5, 0.6) is 0 Å². The highest BCUT2D eigenvalue weighted by Crippen LogP contribution is 2.15. The molecule has 0 atom stereocenters. The molecule has 0 radical (unpaired) electrons. The second-order valence-electron chi connectivity index (χ2n) is 6.81. The van der Waals surface area contributed by atoms with Gasteiger partial charge in [0.25, 0.3) is 0 Å². The lowest BCUT2D eigenvalue weighted by Crippen LogP contribution is -2.48. The molecule has 1 fully saturated rings. The van der Waals surface area contributed by atoms with Crippen molar-refractivity contribution in [2.45, 2.75) is 13.0 Å². The first-order chi connectivity index (χ1) is 13.1. The van der Waals surface area contributed by atoms with Crippen LogP contribution in [-0.4, -0.2) is 51.3 Å². The maximum atomic E-state index is 12.5. The number of fused-ring (bicyclic) bond motifs is 1. The summed E-state index contributed by atoms with van der Waals surface area (Å²) in [4.78, 5) is 21.4. The Kier molecular flexibility index (Phi) is 5.34. The van der Waals surface area contributed by atoms with E-state index in [1.807, 2.05) is 58.1 Å². The van der Waals surface area contributed by atoms with Gasteiger partial charge in [-0.2, -0.15) is 0 Å². The first-order valence-electron chi connectivity index (χ1n) is 8.94. The zero-order chi connectivity index (χ0) is 18.8. The summed E-state index contributed by atoms with van der Waals surface area (Å²) in [5.41, 5.74) is 2.86. The maximum absolute atomic E-state index is 12.5. The number of nitrogens with zero attached hydrogens (tertiary/aromatic N) is 4. The lowest BCUT2D eigenvalue weighted by Gasteiger charge is -2.34. The summed E-state index contributed by atoms with van der Waals surface area (Å²) in [6, 6.07) is 11.3. The summed E-state index contributed by atoms with van der Waals surface area (Å²) in [5, 5.41) is 1.36. The van der Waals surface area contributed by atoms with Crippen molar-refractivity contribution < 1.29 is 4.79 Å². The van der Waals surface area contributed by atoms with Crippen LogP contribution in [0.4, 0.5) is 0 Å². The fourth-order valence-corrected chi connectivity index (χ4v) is 3.79. The number of amides is 1. The summed E-state index contributed by atoms with van der Waals surface area (Å²) in [6.07, 6.45) is 4.27. The molecule has 140 valence electrons. The van der Waals surface area contributed by atoms with Gasteiger partial charge < -0.3 is 9.30 Å².